The molecule has 0 saturated carbocycles. The first-order valence-electron chi connectivity index (χ1n) is 9.95. The highest BCUT2D eigenvalue weighted by atomic mass is 35.5. The molecule has 1 aromatic heterocycles. The summed E-state index contributed by atoms with van der Waals surface area (Å²) < 4.78 is 0. The molecule has 31 heavy (non-hydrogen) atoms. The van der Waals surface area contributed by atoms with E-state index in [1.54, 1.807) is 30.3 Å². The lowest BCUT2D eigenvalue weighted by Gasteiger charge is -2.06. The van der Waals surface area contributed by atoms with E-state index < -0.39 is 0 Å². The highest BCUT2D eigenvalue weighted by Crippen LogP contribution is 2.25. The van der Waals surface area contributed by atoms with Gasteiger partial charge in [0, 0.05) is 32.7 Å². The Morgan fingerprint density at radius 3 is 2.19 bits per heavy atom. The van der Waals surface area contributed by atoms with Crippen molar-refractivity contribution in [2.45, 2.75) is 6.42 Å². The largest absolute Gasteiger partial charge is 0.507 e. The number of hydrogen-bond donors (Lipinski definition) is 2. The van der Waals surface area contributed by atoms with Gasteiger partial charge in [0.05, 0.1) is 0 Å². The van der Waals surface area contributed by atoms with Crippen molar-refractivity contribution < 1.29 is 5.11 Å². The van der Waals surface area contributed by atoms with Gasteiger partial charge in [0.2, 0.25) is 0 Å². The first-order valence-corrected chi connectivity index (χ1v) is 10.7. The topological polar surface area (TPSA) is 36.0 Å². The van der Waals surface area contributed by atoms with Crippen molar-refractivity contribution in [3.05, 3.63) is 124 Å². The van der Waals surface area contributed by atoms with Gasteiger partial charge in [-0.2, -0.15) is 0 Å². The predicted molar refractivity (Wildman–Crippen MR) is 133 cm³/mol. The van der Waals surface area contributed by atoms with Crippen LogP contribution in [-0.4, -0.2) is 10.1 Å². The number of hydrogen-bond acceptors (Lipinski definition) is 1. The van der Waals surface area contributed by atoms with E-state index >= 15 is 0 Å². The van der Waals surface area contributed by atoms with Crippen molar-refractivity contribution in [1.29, 1.82) is 0 Å². The van der Waals surface area contributed by atoms with Crippen LogP contribution in [0.2, 0.25) is 10.0 Å². The fourth-order valence-corrected chi connectivity index (χ4v) is 3.63. The van der Waals surface area contributed by atoms with Crippen LogP contribution in [0.15, 0.2) is 97.2 Å². The molecule has 154 valence electrons. The zero-order valence-electron chi connectivity index (χ0n) is 16.7. The van der Waals surface area contributed by atoms with E-state index in [9.17, 15) is 5.11 Å². The van der Waals surface area contributed by atoms with Crippen molar-refractivity contribution in [2.24, 2.45) is 0 Å². The SMILES string of the molecule is O/C(=C\C(=C/C/C=C/c1c[nH]c2ccccc12)c1ccc(Cl)cc1)c1ccc(Cl)cc1. The highest BCUT2D eigenvalue weighted by molar-refractivity contribution is 6.30. The maximum Gasteiger partial charge on any atom is 0.123 e. The second-order valence-electron chi connectivity index (χ2n) is 7.13. The quantitative estimate of drug-likeness (QED) is 0.226. The smallest absolute Gasteiger partial charge is 0.123 e. The number of aliphatic hydroxyl groups excluding tert-OH is 1. The first kappa shape index (κ1) is 21.0. The molecule has 4 heteroatoms. The molecule has 0 aliphatic heterocycles. The molecular weight excluding hydrogens is 425 g/mol. The highest BCUT2D eigenvalue weighted by Gasteiger charge is 2.04. The van der Waals surface area contributed by atoms with Crippen LogP contribution in [0.5, 0.6) is 0 Å². The summed E-state index contributed by atoms with van der Waals surface area (Å²) in [5.41, 5.74) is 4.86. The van der Waals surface area contributed by atoms with E-state index in [-0.39, 0.29) is 5.76 Å². The van der Waals surface area contributed by atoms with Gasteiger partial charge in [0.15, 0.2) is 0 Å². The summed E-state index contributed by atoms with van der Waals surface area (Å²) in [6.07, 6.45) is 10.8. The number of rotatable bonds is 6. The molecule has 0 bridgehead atoms. The summed E-state index contributed by atoms with van der Waals surface area (Å²) in [7, 11) is 0. The number of H-pyrrole nitrogens is 1. The molecule has 4 rings (SSSR count). The van der Waals surface area contributed by atoms with Crippen LogP contribution in [0.25, 0.3) is 28.3 Å². The zero-order chi connectivity index (χ0) is 21.6. The predicted octanol–water partition coefficient (Wildman–Crippen LogP) is 8.56. The van der Waals surface area contributed by atoms with Crippen LogP contribution >= 0.6 is 23.2 Å². The van der Waals surface area contributed by atoms with Gasteiger partial charge in [-0.15, -0.1) is 0 Å². The standard InChI is InChI=1S/C27H21Cl2NO/c28-23-13-9-19(10-14-23)21(17-27(31)20-11-15-24(29)16-12-20)5-1-2-6-22-18-30-26-8-4-3-7-25(22)26/h2-18,30-31H,1H2/b6-2+,21-5+,27-17-. The Labute approximate surface area is 191 Å². The molecule has 2 N–H and O–H groups in total. The molecular formula is C27H21Cl2NO. The van der Waals surface area contributed by atoms with Gasteiger partial charge in [-0.05, 0) is 71.7 Å². The van der Waals surface area contributed by atoms with E-state index in [0.717, 1.165) is 22.2 Å². The van der Waals surface area contributed by atoms with Crippen molar-refractivity contribution >= 4 is 51.5 Å². The number of benzene rings is 3. The third-order valence-corrected chi connectivity index (χ3v) is 5.51. The lowest BCUT2D eigenvalue weighted by atomic mass is 10.0. The third kappa shape index (κ3) is 5.29. The van der Waals surface area contributed by atoms with Crippen LogP contribution in [0.1, 0.15) is 23.1 Å². The molecule has 4 aromatic rings. The number of nitrogens with one attached hydrogen (secondary N) is 1. The van der Waals surface area contributed by atoms with Gasteiger partial charge in [0.25, 0.3) is 0 Å². The number of aromatic amines is 1. The van der Waals surface area contributed by atoms with Crippen LogP contribution in [0.4, 0.5) is 0 Å². The van der Waals surface area contributed by atoms with Crippen LogP contribution in [0.3, 0.4) is 0 Å². The van der Waals surface area contributed by atoms with Crippen molar-refractivity contribution in [3.8, 4) is 0 Å². The Kier molecular flexibility index (Phi) is 6.61. The second-order valence-corrected chi connectivity index (χ2v) is 8.00. The molecule has 0 fully saturated rings. The molecule has 0 spiro atoms. The maximum atomic E-state index is 10.7. The Hall–Kier alpha value is -3.20. The summed E-state index contributed by atoms with van der Waals surface area (Å²) in [5.74, 6) is 0.179. The van der Waals surface area contributed by atoms with E-state index in [0.29, 0.717) is 22.0 Å². The number of fused-ring (bicyclic) bond motifs is 1. The fourth-order valence-electron chi connectivity index (χ4n) is 3.38. The minimum Gasteiger partial charge on any atom is -0.507 e. The summed E-state index contributed by atoms with van der Waals surface area (Å²) in [6.45, 7) is 0. The summed E-state index contributed by atoms with van der Waals surface area (Å²) in [5, 5.41) is 13.2. The monoisotopic (exact) mass is 445 g/mol. The lowest BCUT2D eigenvalue weighted by Crippen LogP contribution is -1.87. The van der Waals surface area contributed by atoms with Crippen LogP contribution in [-0.2, 0) is 0 Å². The number of allylic oxidation sites excluding steroid dienone is 4. The summed E-state index contributed by atoms with van der Waals surface area (Å²) >= 11 is 12.0. The van der Waals surface area contributed by atoms with Gasteiger partial charge in [0.1, 0.15) is 5.76 Å². The van der Waals surface area contributed by atoms with E-state index in [1.807, 2.05) is 42.6 Å². The number of aliphatic hydroxyl groups is 1. The molecule has 0 radical (unpaired) electrons. The molecule has 1 heterocycles. The minimum atomic E-state index is 0.179. The van der Waals surface area contributed by atoms with Gasteiger partial charge in [-0.25, -0.2) is 0 Å². The van der Waals surface area contributed by atoms with E-state index in [2.05, 4.69) is 35.3 Å². The average molecular weight is 446 g/mol. The second kappa shape index (κ2) is 9.74. The lowest BCUT2D eigenvalue weighted by molar-refractivity contribution is 0.512. The minimum absolute atomic E-state index is 0.179. The van der Waals surface area contributed by atoms with Crippen molar-refractivity contribution in [2.75, 3.05) is 0 Å². The van der Waals surface area contributed by atoms with E-state index in [4.69, 9.17) is 23.2 Å². The third-order valence-electron chi connectivity index (χ3n) is 5.00. The molecule has 0 aliphatic carbocycles. The Bertz CT molecular complexity index is 1260. The fraction of sp³-hybridized carbons (Fsp3) is 0.0370. The Balaban J connectivity index is 1.60. The average Bonchev–Trinajstić information content (AvgIpc) is 3.20. The van der Waals surface area contributed by atoms with E-state index in [1.165, 1.54) is 5.39 Å². The van der Waals surface area contributed by atoms with Gasteiger partial charge in [-0.1, -0.05) is 71.8 Å². The zero-order valence-corrected chi connectivity index (χ0v) is 18.2. The number of halogens is 2. The Morgan fingerprint density at radius 1 is 0.839 bits per heavy atom. The van der Waals surface area contributed by atoms with Gasteiger partial charge < -0.3 is 10.1 Å². The molecule has 0 atom stereocenters. The van der Waals surface area contributed by atoms with Crippen molar-refractivity contribution in [1.82, 2.24) is 4.98 Å². The molecule has 0 aliphatic rings. The number of para-hydroxylation sites is 1. The maximum absolute atomic E-state index is 10.7. The first-order chi connectivity index (χ1) is 15.1. The molecule has 0 amide bonds. The molecule has 3 aromatic carbocycles. The Morgan fingerprint density at radius 2 is 1.48 bits per heavy atom. The normalized spacial score (nSPS) is 12.7. The van der Waals surface area contributed by atoms with Gasteiger partial charge >= 0.3 is 0 Å². The van der Waals surface area contributed by atoms with Gasteiger partial charge in [-0.3, -0.25) is 0 Å². The molecule has 0 unspecified atom stereocenters. The van der Waals surface area contributed by atoms with Crippen LogP contribution < -0.4 is 0 Å². The van der Waals surface area contributed by atoms with Crippen LogP contribution in [0, 0.1) is 0 Å². The van der Waals surface area contributed by atoms with Crippen molar-refractivity contribution in [3.63, 3.8) is 0 Å². The summed E-state index contributed by atoms with van der Waals surface area (Å²) in [6, 6.07) is 22.9. The number of aromatic nitrogens is 1. The molecule has 0 saturated heterocycles. The summed E-state index contributed by atoms with van der Waals surface area (Å²) in [4.78, 5) is 3.29. The molecule has 2 nitrogen and oxygen atoms in total.